The van der Waals surface area contributed by atoms with E-state index in [1.54, 1.807) is 42.5 Å². The van der Waals surface area contributed by atoms with Crippen LogP contribution < -0.4 is 0 Å². The summed E-state index contributed by atoms with van der Waals surface area (Å²) in [6.45, 7) is 19.2. The van der Waals surface area contributed by atoms with Gasteiger partial charge in [0.2, 0.25) is 0 Å². The Morgan fingerprint density at radius 1 is 0.929 bits per heavy atom. The number of rotatable bonds is 9. The fraction of sp³-hybridized carbons (Fsp3) is 0.417. The standard InChI is InChI=1S/C15H22O3.C8H6N2.C8H10O.C5H12/c1-5-6-14(16)12-7-8-13(11(4)9-12)15(17)18-10(2)3;1-10-8-4-2-7(6-9)3-5-8;1-6-3-4-7(2)8(9)5-6;1-3-5-4-2/h7-10,15,17H,5-6H2,1-4H3;2-5H,1H2;3-5,9H,1-2H3;3-5H2,1-2H3. The lowest BCUT2D eigenvalue weighted by atomic mass is 10.0. The van der Waals surface area contributed by atoms with Gasteiger partial charge >= 0.3 is 0 Å². The Labute approximate surface area is 253 Å². The van der Waals surface area contributed by atoms with E-state index in [1.165, 1.54) is 19.3 Å². The van der Waals surface area contributed by atoms with Crippen LogP contribution in [0.5, 0.6) is 5.75 Å². The van der Waals surface area contributed by atoms with E-state index in [0.29, 0.717) is 23.3 Å². The first kappa shape index (κ1) is 38.2. The number of carbonyl (C=O) groups excluding carboxylic acids is 1. The molecule has 0 radical (unpaired) electrons. The highest BCUT2D eigenvalue weighted by Crippen LogP contribution is 2.22. The molecule has 3 aromatic rings. The Morgan fingerprint density at radius 2 is 1.55 bits per heavy atom. The van der Waals surface area contributed by atoms with Crippen LogP contribution in [-0.4, -0.2) is 28.8 Å². The van der Waals surface area contributed by atoms with Gasteiger partial charge in [-0.1, -0.05) is 64.3 Å². The maximum Gasteiger partial charge on any atom is 0.181 e. The number of hydrogen-bond acceptors (Lipinski definition) is 6. The summed E-state index contributed by atoms with van der Waals surface area (Å²) < 4.78 is 5.34. The molecular formula is C36H50N2O4. The second-order valence-corrected chi connectivity index (χ2v) is 10.2. The molecule has 1 unspecified atom stereocenters. The van der Waals surface area contributed by atoms with Crippen molar-refractivity contribution in [3.63, 3.8) is 0 Å². The number of aliphatic hydroxyl groups is 1. The Balaban J connectivity index is 0.000000592. The van der Waals surface area contributed by atoms with Gasteiger partial charge in [0.1, 0.15) is 5.75 Å². The normalized spacial score (nSPS) is 10.5. The molecule has 6 heteroatoms. The van der Waals surface area contributed by atoms with E-state index in [4.69, 9.17) is 15.1 Å². The predicted octanol–water partition coefficient (Wildman–Crippen LogP) is 9.49. The Bertz CT molecular complexity index is 1240. The van der Waals surface area contributed by atoms with Gasteiger partial charge in [-0.2, -0.15) is 5.26 Å². The molecule has 0 aromatic heterocycles. The second kappa shape index (κ2) is 21.9. The molecule has 0 bridgehead atoms. The van der Waals surface area contributed by atoms with Crippen molar-refractivity contribution in [1.29, 1.82) is 5.26 Å². The lowest BCUT2D eigenvalue weighted by molar-refractivity contribution is -0.129. The lowest BCUT2D eigenvalue weighted by Gasteiger charge is -2.17. The summed E-state index contributed by atoms with van der Waals surface area (Å²) in [6.07, 6.45) is 4.51. The van der Waals surface area contributed by atoms with Crippen molar-refractivity contribution in [3.8, 4) is 11.8 Å². The third-order valence-electron chi connectivity index (χ3n) is 5.99. The number of carbonyl (C=O) groups is 1. The molecule has 0 fully saturated rings. The van der Waals surface area contributed by atoms with E-state index in [2.05, 4.69) is 25.6 Å². The van der Waals surface area contributed by atoms with Gasteiger partial charge in [-0.3, -0.25) is 9.79 Å². The van der Waals surface area contributed by atoms with E-state index in [-0.39, 0.29) is 11.9 Å². The van der Waals surface area contributed by atoms with E-state index >= 15 is 0 Å². The second-order valence-electron chi connectivity index (χ2n) is 10.2. The number of aliphatic imine (C=N–C) groups is 1. The maximum absolute atomic E-state index is 11.8. The van der Waals surface area contributed by atoms with Crippen LogP contribution >= 0.6 is 0 Å². The highest BCUT2D eigenvalue weighted by molar-refractivity contribution is 5.96. The van der Waals surface area contributed by atoms with Gasteiger partial charge < -0.3 is 14.9 Å². The predicted molar refractivity (Wildman–Crippen MR) is 175 cm³/mol. The summed E-state index contributed by atoms with van der Waals surface area (Å²) in [6, 6.07) is 19.9. The minimum Gasteiger partial charge on any atom is -0.508 e. The van der Waals surface area contributed by atoms with Gasteiger partial charge in [-0.25, -0.2) is 0 Å². The van der Waals surface area contributed by atoms with Crippen LogP contribution in [0.25, 0.3) is 0 Å². The quantitative estimate of drug-likeness (QED) is 0.150. The lowest BCUT2D eigenvalue weighted by Crippen LogP contribution is -2.11. The number of aliphatic hydroxyl groups excluding tert-OH is 1. The monoisotopic (exact) mass is 574 g/mol. The number of ketones is 1. The molecule has 0 spiro atoms. The summed E-state index contributed by atoms with van der Waals surface area (Å²) in [4.78, 5) is 15.4. The summed E-state index contributed by atoms with van der Waals surface area (Å²) in [5.74, 6) is 0.529. The molecule has 1 atom stereocenters. The Hall–Kier alpha value is -3.79. The van der Waals surface area contributed by atoms with Crippen LogP contribution in [-0.2, 0) is 4.74 Å². The van der Waals surface area contributed by atoms with Gasteiger partial charge in [0.25, 0.3) is 0 Å². The molecule has 6 nitrogen and oxygen atoms in total. The highest BCUT2D eigenvalue weighted by atomic mass is 16.6. The SMILES string of the molecule is C=Nc1ccc(C#N)cc1.CCCC(=O)c1ccc(C(O)OC(C)C)c(C)c1.CCCCC.Cc1ccc(C)c(O)c1. The molecular weight excluding hydrogens is 524 g/mol. The van der Waals surface area contributed by atoms with E-state index in [0.717, 1.165) is 34.4 Å². The zero-order valence-corrected chi connectivity index (χ0v) is 26.8. The smallest absolute Gasteiger partial charge is 0.181 e. The van der Waals surface area contributed by atoms with E-state index in [9.17, 15) is 9.90 Å². The number of hydrogen-bond donors (Lipinski definition) is 2. The molecule has 0 amide bonds. The van der Waals surface area contributed by atoms with Crippen LogP contribution in [0.4, 0.5) is 5.69 Å². The van der Waals surface area contributed by atoms with E-state index in [1.807, 2.05) is 65.8 Å². The van der Waals surface area contributed by atoms with Crippen LogP contribution in [0.15, 0.2) is 65.7 Å². The first-order valence-electron chi connectivity index (χ1n) is 14.6. The first-order chi connectivity index (χ1) is 19.9. The third kappa shape index (κ3) is 15.9. The van der Waals surface area contributed by atoms with Crippen LogP contribution in [0.1, 0.15) is 111 Å². The van der Waals surface area contributed by atoms with Crippen molar-refractivity contribution < 1.29 is 19.7 Å². The van der Waals surface area contributed by atoms with Gasteiger partial charge in [0.15, 0.2) is 12.1 Å². The molecule has 2 N–H and O–H groups in total. The zero-order chi connectivity index (χ0) is 32.1. The number of nitrogens with zero attached hydrogens (tertiary/aromatic N) is 2. The van der Waals surface area contributed by atoms with Crippen molar-refractivity contribution in [2.24, 2.45) is 4.99 Å². The summed E-state index contributed by atoms with van der Waals surface area (Å²) in [7, 11) is 0. The summed E-state index contributed by atoms with van der Waals surface area (Å²) in [5, 5.41) is 27.4. The summed E-state index contributed by atoms with van der Waals surface area (Å²) in [5.41, 5.74) is 5.77. The van der Waals surface area contributed by atoms with Crippen LogP contribution in [0, 0.1) is 32.1 Å². The third-order valence-corrected chi connectivity index (χ3v) is 5.99. The number of phenols is 1. The van der Waals surface area contributed by atoms with E-state index < -0.39 is 6.29 Å². The van der Waals surface area contributed by atoms with Gasteiger partial charge in [0, 0.05) is 17.5 Å². The van der Waals surface area contributed by atoms with Gasteiger partial charge in [-0.15, -0.1) is 0 Å². The fourth-order valence-electron chi connectivity index (χ4n) is 3.54. The molecule has 42 heavy (non-hydrogen) atoms. The zero-order valence-electron chi connectivity index (χ0n) is 26.8. The van der Waals surface area contributed by atoms with Gasteiger partial charge in [-0.05, 0) is 101 Å². The molecule has 0 heterocycles. The maximum atomic E-state index is 11.8. The van der Waals surface area contributed by atoms with Crippen LogP contribution in [0.2, 0.25) is 0 Å². The molecule has 0 saturated heterocycles. The number of aromatic hydroxyl groups is 1. The average molecular weight is 575 g/mol. The minimum atomic E-state index is -0.930. The summed E-state index contributed by atoms with van der Waals surface area (Å²) >= 11 is 0. The average Bonchev–Trinajstić information content (AvgIpc) is 2.96. The molecule has 228 valence electrons. The fourth-order valence-corrected chi connectivity index (χ4v) is 3.54. The van der Waals surface area contributed by atoms with Crippen molar-refractivity contribution in [2.75, 3.05) is 0 Å². The van der Waals surface area contributed by atoms with Crippen molar-refractivity contribution in [1.82, 2.24) is 0 Å². The number of phenolic OH excluding ortho intramolecular Hbond substituents is 1. The topological polar surface area (TPSA) is 103 Å². The Kier molecular flexibility index (Phi) is 19.9. The molecule has 0 aliphatic heterocycles. The first-order valence-corrected chi connectivity index (χ1v) is 14.6. The van der Waals surface area contributed by atoms with Gasteiger partial charge in [0.05, 0.1) is 23.4 Å². The number of aryl methyl sites for hydroxylation is 3. The number of nitriles is 1. The van der Waals surface area contributed by atoms with Crippen molar-refractivity contribution >= 4 is 18.2 Å². The molecule has 0 saturated carbocycles. The molecule has 3 rings (SSSR count). The van der Waals surface area contributed by atoms with Crippen molar-refractivity contribution in [3.05, 3.63) is 94.0 Å². The largest absolute Gasteiger partial charge is 0.508 e. The number of ether oxygens (including phenoxy) is 1. The number of Topliss-reactive ketones (excluding diaryl/α,β-unsaturated/α-hetero) is 1. The minimum absolute atomic E-state index is 0.0409. The number of unbranched alkanes of at least 4 members (excludes halogenated alkanes) is 2. The molecule has 0 aliphatic carbocycles. The van der Waals surface area contributed by atoms with Crippen molar-refractivity contribution in [2.45, 2.75) is 99.9 Å². The molecule has 3 aromatic carbocycles. The van der Waals surface area contributed by atoms with Crippen LogP contribution in [0.3, 0.4) is 0 Å². The highest BCUT2D eigenvalue weighted by Gasteiger charge is 2.14. The Morgan fingerprint density at radius 3 is 1.95 bits per heavy atom. The molecule has 0 aliphatic rings. The number of benzene rings is 3.